The van der Waals surface area contributed by atoms with Crippen molar-refractivity contribution in [2.45, 2.75) is 63.5 Å². The van der Waals surface area contributed by atoms with E-state index in [2.05, 4.69) is 36.5 Å². The summed E-state index contributed by atoms with van der Waals surface area (Å²) in [5, 5.41) is 13.4. The van der Waals surface area contributed by atoms with Crippen molar-refractivity contribution in [3.05, 3.63) is 35.4 Å². The predicted molar refractivity (Wildman–Crippen MR) is 82.7 cm³/mol. The third-order valence-electron chi connectivity index (χ3n) is 5.09. The fourth-order valence-electron chi connectivity index (χ4n) is 3.63. The van der Waals surface area contributed by atoms with Gasteiger partial charge < -0.3 is 10.4 Å². The van der Waals surface area contributed by atoms with Crippen LogP contribution in [-0.4, -0.2) is 17.3 Å². The smallest absolute Gasteiger partial charge is 0.0613 e. The monoisotopic (exact) mass is 273 g/mol. The molecule has 1 aromatic carbocycles. The van der Waals surface area contributed by atoms with Crippen LogP contribution in [0.2, 0.25) is 0 Å². The summed E-state index contributed by atoms with van der Waals surface area (Å²) < 4.78 is 0. The van der Waals surface area contributed by atoms with Crippen molar-refractivity contribution in [3.63, 3.8) is 0 Å². The van der Waals surface area contributed by atoms with E-state index in [4.69, 9.17) is 0 Å². The zero-order valence-electron chi connectivity index (χ0n) is 12.6. The van der Waals surface area contributed by atoms with E-state index in [0.29, 0.717) is 0 Å². The van der Waals surface area contributed by atoms with Gasteiger partial charge in [-0.1, -0.05) is 44.0 Å². The summed E-state index contributed by atoms with van der Waals surface area (Å²) in [5.74, 6) is 1.56. The zero-order valence-corrected chi connectivity index (χ0v) is 12.6. The Kier molecular flexibility index (Phi) is 4.13. The zero-order chi connectivity index (χ0) is 14.0. The average Bonchev–Trinajstić information content (AvgIpc) is 3.30. The van der Waals surface area contributed by atoms with Gasteiger partial charge in [0.2, 0.25) is 0 Å². The molecule has 3 rings (SSSR count). The van der Waals surface area contributed by atoms with Gasteiger partial charge in [0.15, 0.2) is 0 Å². The molecule has 2 fully saturated rings. The lowest BCUT2D eigenvalue weighted by atomic mass is 9.77. The first-order valence-corrected chi connectivity index (χ1v) is 8.15. The molecule has 2 aliphatic rings. The first kappa shape index (κ1) is 14.1. The number of hydrogen-bond acceptors (Lipinski definition) is 2. The van der Waals surface area contributed by atoms with Gasteiger partial charge in [0, 0.05) is 12.1 Å². The van der Waals surface area contributed by atoms with Gasteiger partial charge >= 0.3 is 0 Å². The van der Waals surface area contributed by atoms with Crippen molar-refractivity contribution in [1.29, 1.82) is 0 Å². The minimum atomic E-state index is -0.0488. The largest absolute Gasteiger partial charge is 0.394 e. The molecule has 0 aromatic heterocycles. The van der Waals surface area contributed by atoms with E-state index in [-0.39, 0.29) is 12.1 Å². The summed E-state index contributed by atoms with van der Waals surface area (Å²) in [4.78, 5) is 0. The van der Waals surface area contributed by atoms with Crippen molar-refractivity contribution in [2.24, 2.45) is 5.92 Å². The van der Waals surface area contributed by atoms with Crippen LogP contribution in [0.1, 0.15) is 62.5 Å². The lowest BCUT2D eigenvalue weighted by Crippen LogP contribution is -2.51. The number of benzene rings is 1. The summed E-state index contributed by atoms with van der Waals surface area (Å²) in [7, 11) is 0. The van der Waals surface area contributed by atoms with Crippen molar-refractivity contribution in [2.75, 3.05) is 6.61 Å². The lowest BCUT2D eigenvalue weighted by molar-refractivity contribution is 0.0982. The second-order valence-corrected chi connectivity index (χ2v) is 7.01. The predicted octanol–water partition coefficient (Wildman–Crippen LogP) is 3.59. The molecule has 0 spiro atoms. The van der Waals surface area contributed by atoms with Gasteiger partial charge in [-0.25, -0.2) is 0 Å². The first-order chi connectivity index (χ1) is 9.71. The van der Waals surface area contributed by atoms with Crippen molar-refractivity contribution in [1.82, 2.24) is 5.32 Å². The molecule has 2 atom stereocenters. The Morgan fingerprint density at radius 3 is 2.55 bits per heavy atom. The average molecular weight is 273 g/mol. The molecule has 2 saturated carbocycles. The Morgan fingerprint density at radius 2 is 1.95 bits per heavy atom. The van der Waals surface area contributed by atoms with Gasteiger partial charge in [-0.3, -0.25) is 0 Å². The molecule has 2 unspecified atom stereocenters. The highest BCUT2D eigenvalue weighted by molar-refractivity contribution is 5.28. The second kappa shape index (κ2) is 5.87. The van der Waals surface area contributed by atoms with Crippen LogP contribution in [0.25, 0.3) is 0 Å². The molecule has 0 heterocycles. The number of nitrogens with one attached hydrogen (secondary N) is 1. The Bertz CT molecular complexity index is 437. The molecule has 2 aliphatic carbocycles. The lowest BCUT2D eigenvalue weighted by Gasteiger charge is -2.39. The maximum Gasteiger partial charge on any atom is 0.0613 e. The molecule has 2 heteroatoms. The van der Waals surface area contributed by atoms with Crippen LogP contribution < -0.4 is 5.32 Å². The van der Waals surface area contributed by atoms with E-state index in [1.165, 1.54) is 36.8 Å². The molecular weight excluding hydrogens is 246 g/mol. The normalized spacial score (nSPS) is 30.4. The number of aliphatic hydroxyl groups excluding tert-OH is 1. The van der Waals surface area contributed by atoms with Gasteiger partial charge in [0.1, 0.15) is 0 Å². The Balaban J connectivity index is 1.59. The Morgan fingerprint density at radius 1 is 1.20 bits per heavy atom. The molecule has 0 bridgehead atoms. The first-order valence-electron chi connectivity index (χ1n) is 8.15. The van der Waals surface area contributed by atoms with Gasteiger partial charge in [0.05, 0.1) is 6.61 Å². The van der Waals surface area contributed by atoms with E-state index in [1.807, 2.05) is 0 Å². The van der Waals surface area contributed by atoms with Crippen LogP contribution >= 0.6 is 0 Å². The van der Waals surface area contributed by atoms with E-state index in [9.17, 15) is 5.11 Å². The Labute approximate surface area is 122 Å². The van der Waals surface area contributed by atoms with Crippen molar-refractivity contribution >= 4 is 0 Å². The van der Waals surface area contributed by atoms with Gasteiger partial charge in [-0.05, 0) is 48.6 Å². The van der Waals surface area contributed by atoms with Crippen molar-refractivity contribution < 1.29 is 5.11 Å². The SMILES string of the molecule is CC1CCCC(CO)(NCc2ccc(C3CC3)cc2)C1. The maximum absolute atomic E-state index is 9.80. The molecular formula is C18H27NO. The highest BCUT2D eigenvalue weighted by Crippen LogP contribution is 2.40. The molecule has 110 valence electrons. The van der Waals surface area contributed by atoms with E-state index in [1.54, 1.807) is 0 Å². The summed E-state index contributed by atoms with van der Waals surface area (Å²) in [6.07, 6.45) is 7.47. The van der Waals surface area contributed by atoms with Gasteiger partial charge in [0.25, 0.3) is 0 Å². The fourth-order valence-corrected chi connectivity index (χ4v) is 3.63. The van der Waals surface area contributed by atoms with Crippen LogP contribution in [0.4, 0.5) is 0 Å². The number of rotatable bonds is 5. The van der Waals surface area contributed by atoms with E-state index < -0.39 is 0 Å². The van der Waals surface area contributed by atoms with Gasteiger partial charge in [-0.15, -0.1) is 0 Å². The van der Waals surface area contributed by atoms with Crippen LogP contribution in [0.15, 0.2) is 24.3 Å². The van der Waals surface area contributed by atoms with Crippen LogP contribution in [0, 0.1) is 5.92 Å². The summed E-state index contributed by atoms with van der Waals surface area (Å²) in [5.41, 5.74) is 2.78. The quantitative estimate of drug-likeness (QED) is 0.859. The summed E-state index contributed by atoms with van der Waals surface area (Å²) in [6.45, 7) is 3.44. The highest BCUT2D eigenvalue weighted by Gasteiger charge is 2.33. The third-order valence-corrected chi connectivity index (χ3v) is 5.09. The van der Waals surface area contributed by atoms with Crippen LogP contribution in [0.5, 0.6) is 0 Å². The van der Waals surface area contributed by atoms with Crippen LogP contribution in [-0.2, 0) is 6.54 Å². The second-order valence-electron chi connectivity index (χ2n) is 7.01. The summed E-state index contributed by atoms with van der Waals surface area (Å²) in [6, 6.07) is 9.06. The minimum absolute atomic E-state index is 0.0488. The number of hydrogen-bond donors (Lipinski definition) is 2. The standard InChI is InChI=1S/C18H27NO/c1-14-3-2-10-18(11-14,13-20)19-12-15-4-6-16(7-5-15)17-8-9-17/h4-7,14,17,19-20H,2-3,8-13H2,1H3. The van der Waals surface area contributed by atoms with Gasteiger partial charge in [-0.2, -0.15) is 0 Å². The van der Waals surface area contributed by atoms with E-state index in [0.717, 1.165) is 31.2 Å². The van der Waals surface area contributed by atoms with E-state index >= 15 is 0 Å². The topological polar surface area (TPSA) is 32.3 Å². The third kappa shape index (κ3) is 3.24. The molecule has 1 aromatic rings. The Hall–Kier alpha value is -0.860. The molecule has 0 amide bonds. The molecule has 20 heavy (non-hydrogen) atoms. The molecule has 2 nitrogen and oxygen atoms in total. The van der Waals surface area contributed by atoms with Crippen LogP contribution in [0.3, 0.4) is 0 Å². The minimum Gasteiger partial charge on any atom is -0.394 e. The maximum atomic E-state index is 9.80. The fraction of sp³-hybridized carbons (Fsp3) is 0.667. The molecule has 0 aliphatic heterocycles. The highest BCUT2D eigenvalue weighted by atomic mass is 16.3. The van der Waals surface area contributed by atoms with Crippen molar-refractivity contribution in [3.8, 4) is 0 Å². The molecule has 0 saturated heterocycles. The molecule has 0 radical (unpaired) electrons. The number of aliphatic hydroxyl groups is 1. The molecule has 2 N–H and O–H groups in total. The summed E-state index contributed by atoms with van der Waals surface area (Å²) >= 11 is 0.